The SMILES string of the molecule is Cc1ccccc1Sc1nsc(N)n1. The molecule has 0 atom stereocenters. The standard InChI is InChI=1S/C9H9N3S2/c1-6-4-2-3-5-7(6)13-9-11-8(10)14-12-9/h2-5H,1H3,(H2,10,11,12). The van der Waals surface area contributed by atoms with Crippen LogP contribution >= 0.6 is 23.3 Å². The van der Waals surface area contributed by atoms with E-state index in [1.165, 1.54) is 22.0 Å². The average Bonchev–Trinajstić information content (AvgIpc) is 2.56. The Balaban J connectivity index is 2.23. The van der Waals surface area contributed by atoms with Crippen LogP contribution in [0.5, 0.6) is 0 Å². The van der Waals surface area contributed by atoms with Crippen LogP contribution in [0.1, 0.15) is 5.56 Å². The van der Waals surface area contributed by atoms with Crippen LogP contribution in [0, 0.1) is 6.92 Å². The third-order valence-corrected chi connectivity index (χ3v) is 3.42. The second-order valence-electron chi connectivity index (χ2n) is 2.78. The molecule has 0 fully saturated rings. The summed E-state index contributed by atoms with van der Waals surface area (Å²) in [5.41, 5.74) is 6.73. The molecule has 1 aromatic carbocycles. The van der Waals surface area contributed by atoms with Gasteiger partial charge in [0.25, 0.3) is 0 Å². The number of hydrogen-bond donors (Lipinski definition) is 1. The van der Waals surface area contributed by atoms with Gasteiger partial charge in [0.05, 0.1) is 0 Å². The van der Waals surface area contributed by atoms with Crippen molar-refractivity contribution in [2.45, 2.75) is 17.0 Å². The lowest BCUT2D eigenvalue weighted by atomic mass is 10.2. The summed E-state index contributed by atoms with van der Waals surface area (Å²) in [5, 5.41) is 1.24. The first-order valence-electron chi connectivity index (χ1n) is 4.08. The number of rotatable bonds is 2. The normalized spacial score (nSPS) is 10.4. The highest BCUT2D eigenvalue weighted by molar-refractivity contribution is 7.99. The minimum absolute atomic E-state index is 0.515. The Morgan fingerprint density at radius 2 is 2.14 bits per heavy atom. The molecule has 0 unspecified atom stereocenters. The van der Waals surface area contributed by atoms with Crippen LogP contribution in [0.2, 0.25) is 0 Å². The van der Waals surface area contributed by atoms with Crippen molar-refractivity contribution in [1.29, 1.82) is 0 Å². The highest BCUT2D eigenvalue weighted by Gasteiger charge is 2.04. The lowest BCUT2D eigenvalue weighted by Gasteiger charge is -2.00. The fourth-order valence-electron chi connectivity index (χ4n) is 1.03. The lowest BCUT2D eigenvalue weighted by molar-refractivity contribution is 1.08. The number of anilines is 1. The van der Waals surface area contributed by atoms with Crippen LogP contribution in [0.15, 0.2) is 34.3 Å². The molecule has 0 bridgehead atoms. The van der Waals surface area contributed by atoms with Gasteiger partial charge in [-0.15, -0.1) is 0 Å². The van der Waals surface area contributed by atoms with Crippen LogP contribution in [-0.2, 0) is 0 Å². The first-order chi connectivity index (χ1) is 6.75. The van der Waals surface area contributed by atoms with Crippen molar-refractivity contribution in [3.63, 3.8) is 0 Å². The van der Waals surface area contributed by atoms with Crippen molar-refractivity contribution >= 4 is 28.4 Å². The molecule has 0 spiro atoms. The van der Waals surface area contributed by atoms with E-state index in [1.807, 2.05) is 12.1 Å². The number of nitrogens with zero attached hydrogens (tertiary/aromatic N) is 2. The summed E-state index contributed by atoms with van der Waals surface area (Å²) in [6.07, 6.45) is 0. The second kappa shape index (κ2) is 3.98. The topological polar surface area (TPSA) is 51.8 Å². The van der Waals surface area contributed by atoms with Crippen LogP contribution in [0.3, 0.4) is 0 Å². The Labute approximate surface area is 90.5 Å². The Morgan fingerprint density at radius 1 is 1.36 bits per heavy atom. The zero-order valence-corrected chi connectivity index (χ0v) is 9.23. The van der Waals surface area contributed by atoms with E-state index in [1.54, 1.807) is 11.8 Å². The summed E-state index contributed by atoms with van der Waals surface area (Å²) >= 11 is 2.77. The maximum Gasteiger partial charge on any atom is 0.206 e. The molecule has 0 aliphatic heterocycles. The average molecular weight is 223 g/mol. The first kappa shape index (κ1) is 9.48. The molecular formula is C9H9N3S2. The van der Waals surface area contributed by atoms with Crippen molar-refractivity contribution in [3.8, 4) is 0 Å². The summed E-state index contributed by atoms with van der Waals surface area (Å²) < 4.78 is 4.12. The van der Waals surface area contributed by atoms with Crippen LogP contribution in [0.4, 0.5) is 5.13 Å². The molecule has 0 aliphatic carbocycles. The predicted molar refractivity (Wildman–Crippen MR) is 59.6 cm³/mol. The number of benzene rings is 1. The highest BCUT2D eigenvalue weighted by atomic mass is 32.2. The molecule has 2 rings (SSSR count). The fraction of sp³-hybridized carbons (Fsp3) is 0.111. The molecule has 0 aliphatic rings. The van der Waals surface area contributed by atoms with Crippen molar-refractivity contribution in [2.75, 3.05) is 5.73 Å². The summed E-state index contributed by atoms with van der Waals surface area (Å²) in [7, 11) is 0. The molecule has 5 heteroatoms. The monoisotopic (exact) mass is 223 g/mol. The Bertz CT molecular complexity index is 439. The summed E-state index contributed by atoms with van der Waals surface area (Å²) in [5.74, 6) is 0. The maximum atomic E-state index is 5.50. The van der Waals surface area contributed by atoms with Gasteiger partial charge in [-0.1, -0.05) is 18.2 Å². The second-order valence-corrected chi connectivity index (χ2v) is 4.58. The Morgan fingerprint density at radius 3 is 2.79 bits per heavy atom. The summed E-state index contributed by atoms with van der Waals surface area (Å²) in [4.78, 5) is 5.27. The molecule has 72 valence electrons. The Hall–Kier alpha value is -1.07. The molecule has 2 N–H and O–H groups in total. The van der Waals surface area contributed by atoms with Gasteiger partial charge in [0, 0.05) is 16.4 Å². The molecule has 0 saturated carbocycles. The molecule has 0 saturated heterocycles. The van der Waals surface area contributed by atoms with Crippen molar-refractivity contribution in [2.24, 2.45) is 0 Å². The van der Waals surface area contributed by atoms with Gasteiger partial charge in [-0.3, -0.25) is 0 Å². The smallest absolute Gasteiger partial charge is 0.206 e. The molecule has 2 aromatic rings. The lowest BCUT2D eigenvalue weighted by Crippen LogP contribution is -1.83. The number of hydrogen-bond acceptors (Lipinski definition) is 5. The summed E-state index contributed by atoms with van der Waals surface area (Å²) in [6, 6.07) is 8.14. The van der Waals surface area contributed by atoms with E-state index in [2.05, 4.69) is 28.4 Å². The largest absolute Gasteiger partial charge is 0.374 e. The van der Waals surface area contributed by atoms with Gasteiger partial charge in [-0.25, -0.2) is 0 Å². The van der Waals surface area contributed by atoms with Gasteiger partial charge < -0.3 is 5.73 Å². The van der Waals surface area contributed by atoms with E-state index in [0.29, 0.717) is 5.13 Å². The quantitative estimate of drug-likeness (QED) is 0.850. The summed E-state index contributed by atoms with van der Waals surface area (Å²) in [6.45, 7) is 2.07. The van der Waals surface area contributed by atoms with Gasteiger partial charge in [-0.2, -0.15) is 9.36 Å². The van der Waals surface area contributed by atoms with Gasteiger partial charge in [0.2, 0.25) is 10.3 Å². The zero-order chi connectivity index (χ0) is 9.97. The third-order valence-electron chi connectivity index (χ3n) is 1.72. The van der Waals surface area contributed by atoms with E-state index < -0.39 is 0 Å². The minimum atomic E-state index is 0.515. The van der Waals surface area contributed by atoms with Crippen molar-refractivity contribution in [1.82, 2.24) is 9.36 Å². The van der Waals surface area contributed by atoms with E-state index in [0.717, 1.165) is 5.16 Å². The van der Waals surface area contributed by atoms with Gasteiger partial charge in [0.1, 0.15) is 0 Å². The number of aryl methyl sites for hydroxylation is 1. The molecule has 0 radical (unpaired) electrons. The van der Waals surface area contributed by atoms with E-state index in [4.69, 9.17) is 5.73 Å². The zero-order valence-electron chi connectivity index (χ0n) is 7.60. The van der Waals surface area contributed by atoms with Crippen molar-refractivity contribution in [3.05, 3.63) is 29.8 Å². The molecular weight excluding hydrogens is 214 g/mol. The van der Waals surface area contributed by atoms with E-state index >= 15 is 0 Å². The van der Waals surface area contributed by atoms with E-state index in [-0.39, 0.29) is 0 Å². The predicted octanol–water partition coefficient (Wildman–Crippen LogP) is 2.58. The minimum Gasteiger partial charge on any atom is -0.374 e. The van der Waals surface area contributed by atoms with E-state index in [9.17, 15) is 0 Å². The molecule has 14 heavy (non-hydrogen) atoms. The molecule has 1 aromatic heterocycles. The van der Waals surface area contributed by atoms with Gasteiger partial charge in [-0.05, 0) is 30.3 Å². The third kappa shape index (κ3) is 2.05. The molecule has 0 amide bonds. The van der Waals surface area contributed by atoms with Crippen LogP contribution in [-0.4, -0.2) is 9.36 Å². The molecule has 1 heterocycles. The maximum absolute atomic E-state index is 5.50. The van der Waals surface area contributed by atoms with Crippen LogP contribution in [0.25, 0.3) is 0 Å². The number of nitrogens with two attached hydrogens (primary N) is 1. The molecule has 3 nitrogen and oxygen atoms in total. The Kier molecular flexibility index (Phi) is 2.69. The van der Waals surface area contributed by atoms with Crippen LogP contribution < -0.4 is 5.73 Å². The van der Waals surface area contributed by atoms with Crippen molar-refractivity contribution < 1.29 is 0 Å². The van der Waals surface area contributed by atoms with Gasteiger partial charge in [0.15, 0.2) is 0 Å². The number of aromatic nitrogens is 2. The fourth-order valence-corrected chi connectivity index (χ4v) is 2.41. The number of nitrogen functional groups attached to an aromatic ring is 1. The highest BCUT2D eigenvalue weighted by Crippen LogP contribution is 2.28. The van der Waals surface area contributed by atoms with Gasteiger partial charge >= 0.3 is 0 Å². The first-order valence-corrected chi connectivity index (χ1v) is 5.67.